The summed E-state index contributed by atoms with van der Waals surface area (Å²) in [5.74, 6) is 2.17. The van der Waals surface area contributed by atoms with Crippen molar-refractivity contribution in [1.82, 2.24) is 0 Å². The Balaban J connectivity index is 2.96. The molecule has 0 aromatic rings. The second kappa shape index (κ2) is 22.9. The van der Waals surface area contributed by atoms with Gasteiger partial charge in [0, 0.05) is 5.54 Å². The topological polar surface area (TPSA) is 26.0 Å². The van der Waals surface area contributed by atoms with E-state index < -0.39 is 0 Å². The molecule has 1 fully saturated rings. The molecule has 1 aliphatic rings. The van der Waals surface area contributed by atoms with Crippen LogP contribution >= 0.6 is 0 Å². The van der Waals surface area contributed by atoms with Crippen molar-refractivity contribution in [2.75, 3.05) is 0 Å². The van der Waals surface area contributed by atoms with Crippen LogP contribution < -0.4 is 5.73 Å². The molecule has 0 aliphatic heterocycles. The third-order valence-electron chi connectivity index (χ3n) is 10.0. The van der Waals surface area contributed by atoms with Crippen molar-refractivity contribution in [1.29, 1.82) is 0 Å². The van der Waals surface area contributed by atoms with Gasteiger partial charge in [0.1, 0.15) is 0 Å². The molecule has 2 N–H and O–H groups in total. The lowest BCUT2D eigenvalue weighted by molar-refractivity contribution is 0.0607. The molecule has 1 heteroatoms. The first kappa shape index (κ1) is 34.0. The highest BCUT2D eigenvalue weighted by Gasteiger charge is 2.45. The smallest absolute Gasteiger partial charge is 0.0239 e. The number of hydrogen-bond acceptors (Lipinski definition) is 1. The number of hydrogen-bond donors (Lipinski definition) is 1. The summed E-state index contributed by atoms with van der Waals surface area (Å²) in [6, 6.07) is 0. The van der Waals surface area contributed by atoms with Crippen LogP contribution in [0.2, 0.25) is 0 Å². The lowest BCUT2D eigenvalue weighted by atomic mass is 9.60. The first-order valence-corrected chi connectivity index (χ1v) is 17.4. The Morgan fingerprint density at radius 2 is 0.833 bits per heavy atom. The van der Waals surface area contributed by atoms with E-state index in [9.17, 15) is 0 Å². The zero-order chi connectivity index (χ0) is 26.3. The van der Waals surface area contributed by atoms with Crippen molar-refractivity contribution in [3.8, 4) is 0 Å². The van der Waals surface area contributed by atoms with Gasteiger partial charge in [-0.05, 0) is 43.4 Å². The summed E-state index contributed by atoms with van der Waals surface area (Å²) in [6.07, 6.45) is 38.0. The molecule has 0 radical (unpaired) electrons. The van der Waals surface area contributed by atoms with E-state index >= 15 is 0 Å². The van der Waals surface area contributed by atoms with E-state index in [1.807, 2.05) is 0 Å². The monoisotopic (exact) mass is 506 g/mol. The SMILES string of the molecule is CCCCCCCCC(CC)C(N)(C(CC)CCCCCCCC)C1CCCCCCCCCCC1. The number of rotatable bonds is 19. The van der Waals surface area contributed by atoms with Crippen LogP contribution in [0.3, 0.4) is 0 Å². The van der Waals surface area contributed by atoms with Gasteiger partial charge in [0.2, 0.25) is 0 Å². The van der Waals surface area contributed by atoms with Gasteiger partial charge < -0.3 is 5.73 Å². The van der Waals surface area contributed by atoms with E-state index in [4.69, 9.17) is 5.73 Å². The van der Waals surface area contributed by atoms with Crippen LogP contribution in [-0.4, -0.2) is 5.54 Å². The van der Waals surface area contributed by atoms with Crippen LogP contribution in [0.1, 0.15) is 201 Å². The highest BCUT2D eigenvalue weighted by molar-refractivity contribution is 5.01. The van der Waals surface area contributed by atoms with E-state index in [-0.39, 0.29) is 5.54 Å². The zero-order valence-corrected chi connectivity index (χ0v) is 25.9. The summed E-state index contributed by atoms with van der Waals surface area (Å²) >= 11 is 0. The third kappa shape index (κ3) is 13.7. The maximum absolute atomic E-state index is 7.89. The summed E-state index contributed by atoms with van der Waals surface area (Å²) in [5.41, 5.74) is 7.94. The lowest BCUT2D eigenvalue weighted by Crippen LogP contribution is -2.58. The molecular formula is C35H71N. The molecule has 1 aliphatic carbocycles. The molecule has 1 rings (SSSR count). The van der Waals surface area contributed by atoms with Crippen LogP contribution in [0.4, 0.5) is 0 Å². The van der Waals surface area contributed by atoms with E-state index in [0.717, 1.165) is 5.92 Å². The Bertz CT molecular complexity index is 422. The fourth-order valence-electron chi connectivity index (χ4n) is 7.62. The van der Waals surface area contributed by atoms with Crippen molar-refractivity contribution >= 4 is 0 Å². The van der Waals surface area contributed by atoms with Gasteiger partial charge >= 0.3 is 0 Å². The number of nitrogens with two attached hydrogens (primary N) is 1. The average molecular weight is 506 g/mol. The molecule has 0 spiro atoms. The molecule has 216 valence electrons. The molecular weight excluding hydrogens is 434 g/mol. The van der Waals surface area contributed by atoms with Crippen molar-refractivity contribution in [3.05, 3.63) is 0 Å². The Kier molecular flexibility index (Phi) is 21.6. The van der Waals surface area contributed by atoms with Crippen LogP contribution in [0.5, 0.6) is 0 Å². The predicted octanol–water partition coefficient (Wildman–Crippen LogP) is 12.2. The van der Waals surface area contributed by atoms with Crippen molar-refractivity contribution in [2.24, 2.45) is 23.5 Å². The van der Waals surface area contributed by atoms with Crippen LogP contribution in [0.25, 0.3) is 0 Å². The summed E-state index contributed by atoms with van der Waals surface area (Å²) < 4.78 is 0. The van der Waals surface area contributed by atoms with Crippen molar-refractivity contribution in [3.63, 3.8) is 0 Å². The molecule has 0 bridgehead atoms. The Morgan fingerprint density at radius 1 is 0.500 bits per heavy atom. The number of unbranched alkanes of at least 4 members (excludes halogenated alkanes) is 10. The first-order valence-electron chi connectivity index (χ1n) is 17.4. The normalized spacial score (nSPS) is 20.2. The van der Waals surface area contributed by atoms with Gasteiger partial charge in [-0.3, -0.25) is 0 Å². The van der Waals surface area contributed by atoms with Gasteiger partial charge in [0.05, 0.1) is 0 Å². The maximum Gasteiger partial charge on any atom is 0.0239 e. The molecule has 1 saturated carbocycles. The van der Waals surface area contributed by atoms with Gasteiger partial charge in [-0.2, -0.15) is 0 Å². The second-order valence-corrected chi connectivity index (χ2v) is 12.8. The first-order chi connectivity index (χ1) is 17.6. The minimum absolute atomic E-state index is 0.0560. The van der Waals surface area contributed by atoms with E-state index in [1.165, 1.54) is 173 Å². The summed E-state index contributed by atoms with van der Waals surface area (Å²) in [5, 5.41) is 0. The van der Waals surface area contributed by atoms with Gasteiger partial charge in [-0.15, -0.1) is 0 Å². The minimum atomic E-state index is 0.0560. The van der Waals surface area contributed by atoms with Crippen molar-refractivity contribution in [2.45, 2.75) is 207 Å². The second-order valence-electron chi connectivity index (χ2n) is 12.8. The summed E-state index contributed by atoms with van der Waals surface area (Å²) in [7, 11) is 0. The molecule has 1 nitrogen and oxygen atoms in total. The summed E-state index contributed by atoms with van der Waals surface area (Å²) in [4.78, 5) is 0. The zero-order valence-electron chi connectivity index (χ0n) is 25.9. The Morgan fingerprint density at radius 3 is 1.19 bits per heavy atom. The van der Waals surface area contributed by atoms with Gasteiger partial charge in [-0.25, -0.2) is 0 Å². The predicted molar refractivity (Wildman–Crippen MR) is 165 cm³/mol. The quantitative estimate of drug-likeness (QED) is 0.173. The molecule has 2 unspecified atom stereocenters. The van der Waals surface area contributed by atoms with Crippen molar-refractivity contribution < 1.29 is 0 Å². The molecule has 0 amide bonds. The minimum Gasteiger partial charge on any atom is -0.324 e. The molecule has 0 heterocycles. The lowest BCUT2D eigenvalue weighted by Gasteiger charge is -2.50. The Labute approximate surface area is 229 Å². The highest BCUT2D eigenvalue weighted by atomic mass is 14.8. The molecule has 36 heavy (non-hydrogen) atoms. The van der Waals surface area contributed by atoms with E-state index in [1.54, 1.807) is 0 Å². The molecule has 0 saturated heterocycles. The largest absolute Gasteiger partial charge is 0.324 e. The van der Waals surface area contributed by atoms with Gasteiger partial charge in [-0.1, -0.05) is 175 Å². The standard InChI is InChI=1S/C35H71N/c1-5-9-11-13-20-24-28-32(7-3)35(36,33(8-4)29-25-21-14-12-10-6-2)34-30-26-22-18-16-15-17-19-23-27-31-34/h32-34H,5-31,36H2,1-4H3. The third-order valence-corrected chi connectivity index (χ3v) is 10.0. The fraction of sp³-hybridized carbons (Fsp3) is 1.00. The van der Waals surface area contributed by atoms with Crippen LogP contribution in [0.15, 0.2) is 0 Å². The van der Waals surface area contributed by atoms with E-state index in [0.29, 0.717) is 11.8 Å². The Hall–Kier alpha value is -0.0400. The fourth-order valence-corrected chi connectivity index (χ4v) is 7.62. The highest BCUT2D eigenvalue weighted by Crippen LogP contribution is 2.44. The average Bonchev–Trinajstić information content (AvgIpc) is 2.88. The maximum atomic E-state index is 7.89. The molecule has 0 aromatic heterocycles. The van der Waals surface area contributed by atoms with Crippen LogP contribution in [-0.2, 0) is 0 Å². The van der Waals surface area contributed by atoms with Gasteiger partial charge in [0.15, 0.2) is 0 Å². The molecule has 2 atom stereocenters. The summed E-state index contributed by atoms with van der Waals surface area (Å²) in [6.45, 7) is 9.59. The molecule has 0 aromatic carbocycles. The van der Waals surface area contributed by atoms with E-state index in [2.05, 4.69) is 27.7 Å². The van der Waals surface area contributed by atoms with Crippen LogP contribution in [0, 0.1) is 17.8 Å². The van der Waals surface area contributed by atoms with Gasteiger partial charge in [0.25, 0.3) is 0 Å².